The second kappa shape index (κ2) is 8.96. The Morgan fingerprint density at radius 1 is 0.893 bits per heavy atom. The lowest BCUT2D eigenvalue weighted by atomic mass is 10.1. The fourth-order valence-corrected chi connectivity index (χ4v) is 2.84. The standard InChI is InChI=1S/C21H16BrN3O3/c22-18-7-3-2-6-17(18)21(28)24-16-11-9-14(10-12-16)20(27)25-23-13-15-5-1-4-8-19(15)26/h1-13,26H,(H,24,28)(H,25,27). The molecule has 2 amide bonds. The van der Waals surface area contributed by atoms with E-state index in [9.17, 15) is 14.7 Å². The number of nitrogens with zero attached hydrogens (tertiary/aromatic N) is 1. The first kappa shape index (κ1) is 19.3. The zero-order chi connectivity index (χ0) is 19.9. The largest absolute Gasteiger partial charge is 0.507 e. The summed E-state index contributed by atoms with van der Waals surface area (Å²) in [5.41, 5.74) is 4.35. The zero-order valence-electron chi connectivity index (χ0n) is 14.6. The molecular weight excluding hydrogens is 422 g/mol. The number of hydrogen-bond donors (Lipinski definition) is 3. The van der Waals surface area contributed by atoms with Crippen molar-refractivity contribution in [1.82, 2.24) is 5.43 Å². The van der Waals surface area contributed by atoms with Crippen LogP contribution >= 0.6 is 15.9 Å². The van der Waals surface area contributed by atoms with E-state index < -0.39 is 5.91 Å². The number of halogens is 1. The summed E-state index contributed by atoms with van der Waals surface area (Å²) in [6.45, 7) is 0. The van der Waals surface area contributed by atoms with E-state index in [2.05, 4.69) is 31.8 Å². The molecule has 0 atom stereocenters. The van der Waals surface area contributed by atoms with Gasteiger partial charge in [0.2, 0.25) is 0 Å². The van der Waals surface area contributed by atoms with Gasteiger partial charge in [0, 0.05) is 21.3 Å². The highest BCUT2D eigenvalue weighted by Gasteiger charge is 2.10. The average molecular weight is 438 g/mol. The molecular formula is C21H16BrN3O3. The minimum absolute atomic E-state index is 0.0747. The monoisotopic (exact) mass is 437 g/mol. The van der Waals surface area contributed by atoms with Crippen molar-refractivity contribution in [3.8, 4) is 5.75 Å². The van der Waals surface area contributed by atoms with Crippen LogP contribution in [0.4, 0.5) is 5.69 Å². The summed E-state index contributed by atoms with van der Waals surface area (Å²) in [5, 5.41) is 16.3. The summed E-state index contributed by atoms with van der Waals surface area (Å²) in [4.78, 5) is 24.4. The van der Waals surface area contributed by atoms with Crippen LogP contribution in [-0.4, -0.2) is 23.1 Å². The Bertz CT molecular complexity index is 1030. The maximum atomic E-state index is 12.3. The average Bonchev–Trinajstić information content (AvgIpc) is 2.70. The van der Waals surface area contributed by atoms with Crippen molar-refractivity contribution in [3.05, 3.63) is 94.0 Å². The number of phenolic OH excluding ortho intramolecular Hbond substituents is 1. The molecule has 0 heterocycles. The molecule has 7 heteroatoms. The molecule has 0 radical (unpaired) electrons. The van der Waals surface area contributed by atoms with Crippen LogP contribution in [0.25, 0.3) is 0 Å². The molecule has 0 aliphatic rings. The number of aromatic hydroxyl groups is 1. The molecule has 0 fully saturated rings. The van der Waals surface area contributed by atoms with Crippen molar-refractivity contribution in [3.63, 3.8) is 0 Å². The number of nitrogens with one attached hydrogen (secondary N) is 2. The molecule has 3 N–H and O–H groups in total. The van der Waals surface area contributed by atoms with E-state index in [0.717, 1.165) is 0 Å². The molecule has 0 saturated heterocycles. The molecule has 28 heavy (non-hydrogen) atoms. The lowest BCUT2D eigenvalue weighted by Gasteiger charge is -2.07. The Hall–Kier alpha value is -3.45. The van der Waals surface area contributed by atoms with Crippen LogP contribution in [0.1, 0.15) is 26.3 Å². The molecule has 0 aliphatic carbocycles. The van der Waals surface area contributed by atoms with Crippen LogP contribution in [-0.2, 0) is 0 Å². The molecule has 140 valence electrons. The fraction of sp³-hybridized carbons (Fsp3) is 0. The predicted octanol–water partition coefficient (Wildman–Crippen LogP) is 4.17. The summed E-state index contributed by atoms with van der Waals surface area (Å²) >= 11 is 3.34. The third-order valence-corrected chi connectivity index (χ3v) is 4.52. The summed E-state index contributed by atoms with van der Waals surface area (Å²) in [6.07, 6.45) is 1.36. The number of phenols is 1. The van der Waals surface area contributed by atoms with Gasteiger partial charge in [-0.2, -0.15) is 5.10 Å². The lowest BCUT2D eigenvalue weighted by Crippen LogP contribution is -2.18. The van der Waals surface area contributed by atoms with E-state index in [-0.39, 0.29) is 11.7 Å². The Kier molecular flexibility index (Phi) is 6.18. The van der Waals surface area contributed by atoms with Crippen LogP contribution in [0.5, 0.6) is 5.75 Å². The van der Waals surface area contributed by atoms with Crippen molar-refractivity contribution in [1.29, 1.82) is 0 Å². The van der Waals surface area contributed by atoms with Crippen LogP contribution in [0, 0.1) is 0 Å². The van der Waals surface area contributed by atoms with Crippen LogP contribution < -0.4 is 10.7 Å². The van der Waals surface area contributed by atoms with E-state index in [1.54, 1.807) is 60.7 Å². The Balaban J connectivity index is 1.61. The minimum Gasteiger partial charge on any atom is -0.507 e. The molecule has 0 bridgehead atoms. The number of carbonyl (C=O) groups excluding carboxylic acids is 2. The number of anilines is 1. The topological polar surface area (TPSA) is 90.8 Å². The molecule has 3 aromatic rings. The van der Waals surface area contributed by atoms with Gasteiger partial charge in [-0.15, -0.1) is 0 Å². The number of rotatable bonds is 5. The van der Waals surface area contributed by atoms with Gasteiger partial charge in [0.1, 0.15) is 5.75 Å². The predicted molar refractivity (Wildman–Crippen MR) is 112 cm³/mol. The number of hydrogen-bond acceptors (Lipinski definition) is 4. The highest BCUT2D eigenvalue weighted by atomic mass is 79.9. The SMILES string of the molecule is O=C(NN=Cc1ccccc1O)c1ccc(NC(=O)c2ccccc2Br)cc1. The number of amides is 2. The molecule has 0 unspecified atom stereocenters. The maximum absolute atomic E-state index is 12.3. The fourth-order valence-electron chi connectivity index (χ4n) is 2.37. The Labute approximate surface area is 170 Å². The van der Waals surface area contributed by atoms with Gasteiger partial charge in [0.15, 0.2) is 0 Å². The molecule has 3 rings (SSSR count). The number of benzene rings is 3. The first-order valence-corrected chi connectivity index (χ1v) is 9.11. The van der Waals surface area contributed by atoms with Crippen molar-refractivity contribution in [2.24, 2.45) is 5.10 Å². The van der Waals surface area contributed by atoms with Crippen LogP contribution in [0.3, 0.4) is 0 Å². The second-order valence-corrected chi connectivity index (χ2v) is 6.62. The smallest absolute Gasteiger partial charge is 0.271 e. The first-order valence-electron chi connectivity index (χ1n) is 8.32. The number of carbonyl (C=O) groups is 2. The third-order valence-electron chi connectivity index (χ3n) is 3.83. The van der Waals surface area contributed by atoms with Crippen molar-refractivity contribution in [2.75, 3.05) is 5.32 Å². The van der Waals surface area contributed by atoms with Gasteiger partial charge in [0.05, 0.1) is 11.8 Å². The number of hydrazone groups is 1. The van der Waals surface area contributed by atoms with Crippen LogP contribution in [0.15, 0.2) is 82.4 Å². The molecule has 3 aromatic carbocycles. The van der Waals surface area contributed by atoms with Gasteiger partial charge in [0.25, 0.3) is 11.8 Å². The van der Waals surface area contributed by atoms with E-state index in [0.29, 0.717) is 26.9 Å². The van der Waals surface area contributed by atoms with Gasteiger partial charge in [-0.25, -0.2) is 5.43 Å². The summed E-state index contributed by atoms with van der Waals surface area (Å²) in [5.74, 6) is -0.585. The zero-order valence-corrected chi connectivity index (χ0v) is 16.2. The summed E-state index contributed by atoms with van der Waals surface area (Å²) in [7, 11) is 0. The molecule has 0 aliphatic heterocycles. The number of para-hydroxylation sites is 1. The third kappa shape index (κ3) is 4.83. The minimum atomic E-state index is -0.407. The molecule has 6 nitrogen and oxygen atoms in total. The van der Waals surface area contributed by atoms with Gasteiger partial charge in [-0.05, 0) is 64.5 Å². The van der Waals surface area contributed by atoms with Gasteiger partial charge >= 0.3 is 0 Å². The van der Waals surface area contributed by atoms with Crippen molar-refractivity contribution >= 4 is 39.6 Å². The summed E-state index contributed by atoms with van der Waals surface area (Å²) < 4.78 is 0.700. The lowest BCUT2D eigenvalue weighted by molar-refractivity contribution is 0.0954. The van der Waals surface area contributed by atoms with Crippen LogP contribution in [0.2, 0.25) is 0 Å². The van der Waals surface area contributed by atoms with E-state index in [4.69, 9.17) is 0 Å². The van der Waals surface area contributed by atoms with Crippen molar-refractivity contribution < 1.29 is 14.7 Å². The van der Waals surface area contributed by atoms with E-state index in [1.165, 1.54) is 12.3 Å². The van der Waals surface area contributed by atoms with Crippen molar-refractivity contribution in [2.45, 2.75) is 0 Å². The molecule has 0 aromatic heterocycles. The summed E-state index contributed by atoms with van der Waals surface area (Å²) in [6, 6.07) is 20.2. The Morgan fingerprint density at radius 2 is 1.57 bits per heavy atom. The Morgan fingerprint density at radius 3 is 2.29 bits per heavy atom. The molecule has 0 saturated carbocycles. The van der Waals surface area contributed by atoms with Gasteiger partial charge in [-0.1, -0.05) is 24.3 Å². The van der Waals surface area contributed by atoms with Gasteiger partial charge < -0.3 is 10.4 Å². The maximum Gasteiger partial charge on any atom is 0.271 e. The highest BCUT2D eigenvalue weighted by molar-refractivity contribution is 9.10. The normalized spacial score (nSPS) is 10.6. The highest BCUT2D eigenvalue weighted by Crippen LogP contribution is 2.18. The van der Waals surface area contributed by atoms with Gasteiger partial charge in [-0.3, -0.25) is 9.59 Å². The second-order valence-electron chi connectivity index (χ2n) is 5.77. The quantitative estimate of drug-likeness (QED) is 0.413. The van der Waals surface area contributed by atoms with E-state index in [1.807, 2.05) is 6.07 Å². The molecule has 0 spiro atoms. The first-order chi connectivity index (χ1) is 13.5. The van der Waals surface area contributed by atoms with E-state index >= 15 is 0 Å².